The van der Waals surface area contributed by atoms with Gasteiger partial charge in [0, 0.05) is 18.0 Å². The molecule has 0 spiro atoms. The molecule has 0 N–H and O–H groups in total. The number of nitrogens with zero attached hydrogens (tertiary/aromatic N) is 3. The van der Waals surface area contributed by atoms with Crippen LogP contribution >= 0.6 is 0 Å². The Morgan fingerprint density at radius 1 is 1.33 bits per heavy atom. The summed E-state index contributed by atoms with van der Waals surface area (Å²) in [6, 6.07) is 7.37. The van der Waals surface area contributed by atoms with Crippen LogP contribution in [0.4, 0.5) is 0 Å². The number of hydrogen-bond donors (Lipinski definition) is 0. The van der Waals surface area contributed by atoms with Crippen molar-refractivity contribution in [3.63, 3.8) is 0 Å². The minimum Gasteiger partial charge on any atom is -0.497 e. The lowest BCUT2D eigenvalue weighted by Gasteiger charge is -2.32. The summed E-state index contributed by atoms with van der Waals surface area (Å²) in [5.41, 5.74) is 0.806. The average Bonchev–Trinajstić information content (AvgIpc) is 3.11. The molecule has 128 valence electrons. The summed E-state index contributed by atoms with van der Waals surface area (Å²) in [5.74, 6) is 1.72. The van der Waals surface area contributed by atoms with E-state index in [0.717, 1.165) is 11.3 Å². The van der Waals surface area contributed by atoms with Gasteiger partial charge in [0.15, 0.2) is 0 Å². The van der Waals surface area contributed by atoms with Crippen molar-refractivity contribution >= 4 is 5.91 Å². The van der Waals surface area contributed by atoms with Crippen molar-refractivity contribution in [1.82, 2.24) is 15.0 Å². The second-order valence-electron chi connectivity index (χ2n) is 5.98. The van der Waals surface area contributed by atoms with Gasteiger partial charge < -0.3 is 18.9 Å². The Hall–Kier alpha value is -2.41. The number of aromatic nitrogens is 2. The van der Waals surface area contributed by atoms with Gasteiger partial charge in [0.2, 0.25) is 11.7 Å². The highest BCUT2D eigenvalue weighted by molar-refractivity contribution is 5.78. The molecule has 1 unspecified atom stereocenters. The van der Waals surface area contributed by atoms with Crippen molar-refractivity contribution in [1.29, 1.82) is 0 Å². The summed E-state index contributed by atoms with van der Waals surface area (Å²) in [6.07, 6.45) is -0.364. The van der Waals surface area contributed by atoms with E-state index in [-0.39, 0.29) is 17.9 Å². The van der Waals surface area contributed by atoms with Crippen LogP contribution in [0.2, 0.25) is 0 Å². The second kappa shape index (κ2) is 7.00. The fraction of sp³-hybridized carbons (Fsp3) is 0.471. The Labute approximate surface area is 140 Å². The number of morpholine rings is 1. The third-order valence-electron chi connectivity index (χ3n) is 3.94. The number of ether oxygens (including phenoxy) is 2. The predicted octanol–water partition coefficient (Wildman–Crippen LogP) is 2.30. The molecular weight excluding hydrogens is 310 g/mol. The van der Waals surface area contributed by atoms with Crippen LogP contribution in [0.25, 0.3) is 11.5 Å². The molecule has 7 nitrogen and oxygen atoms in total. The first-order valence-electron chi connectivity index (χ1n) is 7.97. The fourth-order valence-electron chi connectivity index (χ4n) is 2.59. The molecule has 1 amide bonds. The molecule has 1 atom stereocenters. The van der Waals surface area contributed by atoms with Crippen LogP contribution in [0, 0.1) is 5.92 Å². The van der Waals surface area contributed by atoms with E-state index in [1.165, 1.54) is 0 Å². The highest BCUT2D eigenvalue weighted by Gasteiger charge is 2.29. The van der Waals surface area contributed by atoms with Crippen molar-refractivity contribution < 1.29 is 18.8 Å². The minimum absolute atomic E-state index is 0.0381. The van der Waals surface area contributed by atoms with Crippen LogP contribution in [0.3, 0.4) is 0 Å². The largest absolute Gasteiger partial charge is 0.497 e. The summed E-state index contributed by atoms with van der Waals surface area (Å²) in [7, 11) is 1.62. The summed E-state index contributed by atoms with van der Waals surface area (Å²) in [5, 5.41) is 4.02. The standard InChI is InChI=1S/C17H21N3O4/c1-11(2)17(21)20-8-9-23-14(10-20)15-18-16(24-19-15)12-4-6-13(22-3)7-5-12/h4-7,11,14H,8-10H2,1-3H3. The van der Waals surface area contributed by atoms with Crippen LogP contribution in [0.1, 0.15) is 25.8 Å². The molecule has 1 fully saturated rings. The topological polar surface area (TPSA) is 77.7 Å². The first kappa shape index (κ1) is 16.4. The van der Waals surface area contributed by atoms with E-state index in [1.807, 2.05) is 38.1 Å². The Morgan fingerprint density at radius 3 is 2.75 bits per heavy atom. The number of benzene rings is 1. The van der Waals surface area contributed by atoms with Gasteiger partial charge in [-0.25, -0.2) is 0 Å². The van der Waals surface area contributed by atoms with Gasteiger partial charge in [0.25, 0.3) is 5.89 Å². The van der Waals surface area contributed by atoms with E-state index >= 15 is 0 Å². The number of rotatable bonds is 4. The Balaban J connectivity index is 1.73. The zero-order valence-electron chi connectivity index (χ0n) is 14.1. The molecule has 1 aliphatic rings. The SMILES string of the molecule is COc1ccc(-c2nc(C3CN(C(=O)C(C)C)CCO3)no2)cc1. The van der Waals surface area contributed by atoms with Crippen molar-refractivity contribution in [2.45, 2.75) is 20.0 Å². The molecule has 1 aliphatic heterocycles. The molecule has 2 heterocycles. The number of carbonyl (C=O) groups excluding carboxylic acids is 1. The summed E-state index contributed by atoms with van der Waals surface area (Å²) in [6.45, 7) is 5.29. The van der Waals surface area contributed by atoms with Crippen LogP contribution in [-0.4, -0.2) is 47.8 Å². The van der Waals surface area contributed by atoms with Gasteiger partial charge in [-0.15, -0.1) is 0 Å². The third-order valence-corrected chi connectivity index (χ3v) is 3.94. The molecule has 24 heavy (non-hydrogen) atoms. The Bertz CT molecular complexity index is 696. The van der Waals surface area contributed by atoms with E-state index in [1.54, 1.807) is 12.0 Å². The monoisotopic (exact) mass is 331 g/mol. The van der Waals surface area contributed by atoms with Crippen LogP contribution in [-0.2, 0) is 9.53 Å². The second-order valence-corrected chi connectivity index (χ2v) is 5.98. The van der Waals surface area contributed by atoms with Crippen molar-refractivity contribution in [3.05, 3.63) is 30.1 Å². The molecule has 0 saturated carbocycles. The number of hydrogen-bond acceptors (Lipinski definition) is 6. The fourth-order valence-corrected chi connectivity index (χ4v) is 2.59. The van der Waals surface area contributed by atoms with E-state index in [0.29, 0.717) is 31.4 Å². The average molecular weight is 331 g/mol. The van der Waals surface area contributed by atoms with Gasteiger partial charge in [-0.1, -0.05) is 19.0 Å². The van der Waals surface area contributed by atoms with Gasteiger partial charge in [-0.3, -0.25) is 4.79 Å². The van der Waals surface area contributed by atoms with Gasteiger partial charge in [-0.2, -0.15) is 4.98 Å². The number of amides is 1. The Kier molecular flexibility index (Phi) is 4.80. The zero-order chi connectivity index (χ0) is 17.1. The van der Waals surface area contributed by atoms with Crippen LogP contribution in [0.5, 0.6) is 5.75 Å². The van der Waals surface area contributed by atoms with E-state index < -0.39 is 0 Å². The zero-order valence-corrected chi connectivity index (χ0v) is 14.1. The molecule has 2 aromatic rings. The predicted molar refractivity (Wildman–Crippen MR) is 86.4 cm³/mol. The summed E-state index contributed by atoms with van der Waals surface area (Å²) >= 11 is 0. The van der Waals surface area contributed by atoms with Crippen molar-refractivity contribution in [2.75, 3.05) is 26.8 Å². The van der Waals surface area contributed by atoms with Gasteiger partial charge >= 0.3 is 0 Å². The molecule has 3 rings (SSSR count). The quantitative estimate of drug-likeness (QED) is 0.855. The molecular formula is C17H21N3O4. The highest BCUT2D eigenvalue weighted by Crippen LogP contribution is 2.25. The third kappa shape index (κ3) is 3.41. The molecule has 0 bridgehead atoms. The van der Waals surface area contributed by atoms with Crippen molar-refractivity contribution in [2.24, 2.45) is 5.92 Å². The molecule has 0 radical (unpaired) electrons. The van der Waals surface area contributed by atoms with Crippen molar-refractivity contribution in [3.8, 4) is 17.2 Å². The highest BCUT2D eigenvalue weighted by atomic mass is 16.5. The van der Waals surface area contributed by atoms with E-state index in [4.69, 9.17) is 14.0 Å². The minimum atomic E-state index is -0.364. The molecule has 0 aliphatic carbocycles. The Morgan fingerprint density at radius 2 is 2.08 bits per heavy atom. The molecule has 1 aromatic carbocycles. The lowest BCUT2D eigenvalue weighted by Crippen LogP contribution is -2.44. The van der Waals surface area contributed by atoms with Gasteiger partial charge in [0.1, 0.15) is 11.9 Å². The molecule has 1 saturated heterocycles. The number of carbonyl (C=O) groups is 1. The normalized spacial score (nSPS) is 18.0. The lowest BCUT2D eigenvalue weighted by molar-refractivity contribution is -0.142. The van der Waals surface area contributed by atoms with Gasteiger partial charge in [0.05, 0.1) is 20.3 Å². The number of methoxy groups -OCH3 is 1. The van der Waals surface area contributed by atoms with Gasteiger partial charge in [-0.05, 0) is 24.3 Å². The first-order chi connectivity index (χ1) is 11.6. The van der Waals surface area contributed by atoms with E-state index in [2.05, 4.69) is 10.1 Å². The molecule has 7 heteroatoms. The maximum Gasteiger partial charge on any atom is 0.258 e. The molecule has 1 aromatic heterocycles. The maximum absolute atomic E-state index is 12.2. The first-order valence-corrected chi connectivity index (χ1v) is 7.97. The lowest BCUT2D eigenvalue weighted by atomic mass is 10.1. The summed E-state index contributed by atoms with van der Waals surface area (Å²) in [4.78, 5) is 18.4. The van der Waals surface area contributed by atoms with Crippen LogP contribution in [0.15, 0.2) is 28.8 Å². The smallest absolute Gasteiger partial charge is 0.258 e. The summed E-state index contributed by atoms with van der Waals surface area (Å²) < 4.78 is 16.2. The maximum atomic E-state index is 12.2. The van der Waals surface area contributed by atoms with Crippen LogP contribution < -0.4 is 4.74 Å². The van der Waals surface area contributed by atoms with E-state index in [9.17, 15) is 4.79 Å².